The van der Waals surface area contributed by atoms with Crippen LogP contribution in [0.5, 0.6) is 5.75 Å². The lowest BCUT2D eigenvalue weighted by Crippen LogP contribution is -2.04. The van der Waals surface area contributed by atoms with Crippen LogP contribution in [0.4, 0.5) is 10.1 Å². The van der Waals surface area contributed by atoms with Crippen LogP contribution in [0.25, 0.3) is 0 Å². The average molecular weight is 311 g/mol. The average Bonchev–Trinajstić information content (AvgIpc) is 2.32. The van der Waals surface area contributed by atoms with E-state index in [0.717, 1.165) is 5.69 Å². The molecule has 0 aliphatic rings. The van der Waals surface area contributed by atoms with E-state index in [1.807, 2.05) is 6.92 Å². The third kappa shape index (κ3) is 2.98. The fourth-order valence-corrected chi connectivity index (χ4v) is 1.88. The van der Waals surface area contributed by atoms with Crippen molar-refractivity contribution in [3.63, 3.8) is 0 Å². The molecule has 2 N–H and O–H groups in total. The Morgan fingerprint density at radius 1 is 1.33 bits per heavy atom. The van der Waals surface area contributed by atoms with Gasteiger partial charge in [-0.25, -0.2) is 4.39 Å². The van der Waals surface area contributed by atoms with Gasteiger partial charge in [0, 0.05) is 10.2 Å². The van der Waals surface area contributed by atoms with Crippen LogP contribution in [-0.4, -0.2) is 10.1 Å². The number of pyridine rings is 1. The summed E-state index contributed by atoms with van der Waals surface area (Å²) in [4.78, 5) is 4.19. The van der Waals surface area contributed by atoms with E-state index in [1.54, 1.807) is 24.3 Å². The van der Waals surface area contributed by atoms with Gasteiger partial charge in [-0.2, -0.15) is 0 Å². The quantitative estimate of drug-likeness (QED) is 0.910. The van der Waals surface area contributed by atoms with Crippen LogP contribution in [0, 0.1) is 12.7 Å². The fraction of sp³-hybridized carbons (Fsp3) is 0.154. The largest absolute Gasteiger partial charge is 0.506 e. The van der Waals surface area contributed by atoms with Gasteiger partial charge in [-0.15, -0.1) is 0 Å². The van der Waals surface area contributed by atoms with Crippen molar-refractivity contribution in [1.29, 1.82) is 0 Å². The van der Waals surface area contributed by atoms with Gasteiger partial charge in [0.05, 0.1) is 12.2 Å². The van der Waals surface area contributed by atoms with E-state index < -0.39 is 0 Å². The van der Waals surface area contributed by atoms with Crippen molar-refractivity contribution >= 4 is 21.6 Å². The second kappa shape index (κ2) is 5.35. The lowest BCUT2D eigenvalue weighted by Gasteiger charge is -2.09. The summed E-state index contributed by atoms with van der Waals surface area (Å²) >= 11 is 3.19. The molecule has 2 rings (SSSR count). The number of aromatic nitrogens is 1. The predicted molar refractivity (Wildman–Crippen MR) is 72.1 cm³/mol. The molecular weight excluding hydrogens is 299 g/mol. The van der Waals surface area contributed by atoms with Gasteiger partial charge >= 0.3 is 0 Å². The minimum atomic E-state index is -0.350. The molecule has 2 aromatic rings. The smallest absolute Gasteiger partial charge is 0.147 e. The minimum Gasteiger partial charge on any atom is -0.506 e. The molecule has 5 heteroatoms. The molecule has 1 aromatic carbocycles. The van der Waals surface area contributed by atoms with Crippen LogP contribution in [0.3, 0.4) is 0 Å². The second-order valence-corrected chi connectivity index (χ2v) is 4.81. The Labute approximate surface area is 113 Å². The number of nitrogens with one attached hydrogen (secondary N) is 1. The van der Waals surface area contributed by atoms with E-state index in [0.29, 0.717) is 15.9 Å². The number of halogens is 2. The molecule has 0 spiro atoms. The lowest BCUT2D eigenvalue weighted by molar-refractivity contribution is 0.464. The first-order chi connectivity index (χ1) is 8.56. The normalized spacial score (nSPS) is 10.4. The van der Waals surface area contributed by atoms with E-state index in [-0.39, 0.29) is 18.1 Å². The van der Waals surface area contributed by atoms with Gasteiger partial charge in [0.25, 0.3) is 0 Å². The summed E-state index contributed by atoms with van der Waals surface area (Å²) in [5, 5.41) is 12.5. The van der Waals surface area contributed by atoms with E-state index in [1.165, 1.54) is 6.07 Å². The molecule has 0 fully saturated rings. The lowest BCUT2D eigenvalue weighted by atomic mass is 10.2. The molecule has 94 valence electrons. The zero-order chi connectivity index (χ0) is 13.1. The predicted octanol–water partition coefficient (Wildman–Crippen LogP) is 3.61. The Morgan fingerprint density at radius 2 is 2.11 bits per heavy atom. The first-order valence-electron chi connectivity index (χ1n) is 5.40. The summed E-state index contributed by atoms with van der Waals surface area (Å²) in [5.41, 5.74) is 1.68. The van der Waals surface area contributed by atoms with Gasteiger partial charge in [-0.3, -0.25) is 4.98 Å². The van der Waals surface area contributed by atoms with Crippen LogP contribution in [0.15, 0.2) is 34.8 Å². The summed E-state index contributed by atoms with van der Waals surface area (Å²) in [6.07, 6.45) is 0. The van der Waals surface area contributed by atoms with Crippen LogP contribution >= 0.6 is 15.9 Å². The van der Waals surface area contributed by atoms with Crippen molar-refractivity contribution in [1.82, 2.24) is 4.98 Å². The zero-order valence-corrected chi connectivity index (χ0v) is 11.3. The Kier molecular flexibility index (Phi) is 3.81. The molecule has 0 unspecified atom stereocenters. The number of benzene rings is 1. The maximum absolute atomic E-state index is 13.6. The number of aromatic hydroxyl groups is 1. The third-order valence-corrected chi connectivity index (χ3v) is 2.96. The fourth-order valence-electron chi connectivity index (χ4n) is 1.55. The highest BCUT2D eigenvalue weighted by atomic mass is 79.9. The maximum atomic E-state index is 13.6. The molecule has 0 amide bonds. The SMILES string of the molecule is Cc1ccc(O)c(CNc2ccc(Br)cc2F)n1. The zero-order valence-electron chi connectivity index (χ0n) is 9.74. The van der Waals surface area contributed by atoms with Gasteiger partial charge in [-0.1, -0.05) is 15.9 Å². The summed E-state index contributed by atoms with van der Waals surface area (Å²) < 4.78 is 14.2. The Hall–Kier alpha value is -1.62. The van der Waals surface area contributed by atoms with Gasteiger partial charge in [0.15, 0.2) is 0 Å². The number of anilines is 1. The van der Waals surface area contributed by atoms with E-state index in [4.69, 9.17) is 0 Å². The molecule has 3 nitrogen and oxygen atoms in total. The van der Waals surface area contributed by atoms with Crippen molar-refractivity contribution in [3.05, 3.63) is 52.0 Å². The number of rotatable bonds is 3. The van der Waals surface area contributed by atoms with Crippen LogP contribution in [0.1, 0.15) is 11.4 Å². The number of hydrogen-bond donors (Lipinski definition) is 2. The molecule has 18 heavy (non-hydrogen) atoms. The van der Waals surface area contributed by atoms with Crippen molar-refractivity contribution in [3.8, 4) is 5.75 Å². The topological polar surface area (TPSA) is 45.1 Å². The van der Waals surface area contributed by atoms with Crippen LogP contribution in [0.2, 0.25) is 0 Å². The number of aryl methyl sites for hydroxylation is 1. The van der Waals surface area contributed by atoms with Crippen molar-refractivity contribution in [2.24, 2.45) is 0 Å². The van der Waals surface area contributed by atoms with E-state index in [9.17, 15) is 9.50 Å². The van der Waals surface area contributed by atoms with Crippen molar-refractivity contribution in [2.45, 2.75) is 13.5 Å². The molecule has 0 aliphatic heterocycles. The van der Waals surface area contributed by atoms with Gasteiger partial charge < -0.3 is 10.4 Å². The van der Waals surface area contributed by atoms with Crippen LogP contribution in [-0.2, 0) is 6.54 Å². The molecule has 0 bridgehead atoms. The summed E-state index contributed by atoms with van der Waals surface area (Å²) in [6, 6.07) is 8.06. The Balaban J connectivity index is 2.13. The Morgan fingerprint density at radius 3 is 2.83 bits per heavy atom. The third-order valence-electron chi connectivity index (χ3n) is 2.47. The summed E-state index contributed by atoms with van der Waals surface area (Å²) in [5.74, 6) is -0.248. The molecule has 1 aromatic heterocycles. The molecule has 1 heterocycles. The number of nitrogens with zero attached hydrogens (tertiary/aromatic N) is 1. The van der Waals surface area contributed by atoms with Crippen molar-refractivity contribution < 1.29 is 9.50 Å². The first kappa shape index (κ1) is 12.8. The highest BCUT2D eigenvalue weighted by Crippen LogP contribution is 2.21. The molecular formula is C13H12BrFN2O. The van der Waals surface area contributed by atoms with E-state index >= 15 is 0 Å². The highest BCUT2D eigenvalue weighted by molar-refractivity contribution is 9.10. The second-order valence-electron chi connectivity index (χ2n) is 3.90. The summed E-state index contributed by atoms with van der Waals surface area (Å²) in [7, 11) is 0. The highest BCUT2D eigenvalue weighted by Gasteiger charge is 2.06. The number of hydrogen-bond acceptors (Lipinski definition) is 3. The first-order valence-corrected chi connectivity index (χ1v) is 6.20. The molecule has 0 saturated carbocycles. The molecule has 0 radical (unpaired) electrons. The van der Waals surface area contributed by atoms with Crippen LogP contribution < -0.4 is 5.32 Å². The minimum absolute atomic E-state index is 0.102. The molecule has 0 atom stereocenters. The van der Waals surface area contributed by atoms with Crippen molar-refractivity contribution in [2.75, 3.05) is 5.32 Å². The van der Waals surface area contributed by atoms with Gasteiger partial charge in [0.2, 0.25) is 0 Å². The molecule has 0 aliphatic carbocycles. The molecule has 0 saturated heterocycles. The maximum Gasteiger partial charge on any atom is 0.147 e. The summed E-state index contributed by atoms with van der Waals surface area (Å²) in [6.45, 7) is 2.11. The van der Waals surface area contributed by atoms with E-state index in [2.05, 4.69) is 26.2 Å². The van der Waals surface area contributed by atoms with Gasteiger partial charge in [-0.05, 0) is 37.3 Å². The Bertz CT molecular complexity index is 575. The monoisotopic (exact) mass is 310 g/mol. The standard InChI is InChI=1S/C13H12BrFN2O/c1-8-2-5-13(18)12(17-8)7-16-11-4-3-9(14)6-10(11)15/h2-6,16,18H,7H2,1H3. The van der Waals surface area contributed by atoms with Gasteiger partial charge in [0.1, 0.15) is 17.3 Å².